The largest absolute Gasteiger partial charge is 0.379 e. The summed E-state index contributed by atoms with van der Waals surface area (Å²) in [5.74, 6) is 0.573. The van der Waals surface area contributed by atoms with Gasteiger partial charge in [0.25, 0.3) is 0 Å². The van der Waals surface area contributed by atoms with Crippen molar-refractivity contribution in [2.45, 2.75) is 40.2 Å². The highest BCUT2D eigenvalue weighted by molar-refractivity contribution is 5.76. The molecule has 0 heterocycles. The molecule has 0 spiro atoms. The lowest BCUT2D eigenvalue weighted by molar-refractivity contribution is -0.122. The van der Waals surface area contributed by atoms with E-state index in [1.165, 1.54) is 0 Å². The molecule has 0 aliphatic rings. The van der Waals surface area contributed by atoms with Crippen LogP contribution in [-0.4, -0.2) is 64.8 Å². The monoisotopic (exact) mass is 321 g/mol. The van der Waals surface area contributed by atoms with Crippen LogP contribution in [-0.2, 0) is 23.7 Å². The summed E-state index contributed by atoms with van der Waals surface area (Å²) in [6.45, 7) is 12.6. The van der Waals surface area contributed by atoms with Crippen LogP contribution >= 0.6 is 0 Å². The van der Waals surface area contributed by atoms with Crippen molar-refractivity contribution in [3.63, 3.8) is 0 Å². The predicted molar refractivity (Wildman–Crippen MR) is 88.1 cm³/mol. The van der Waals surface area contributed by atoms with Gasteiger partial charge in [-0.2, -0.15) is 0 Å². The van der Waals surface area contributed by atoms with E-state index in [1.54, 1.807) is 0 Å². The lowest BCUT2D eigenvalue weighted by atomic mass is 10.2. The Hall–Kier alpha value is -0.690. The second-order valence-corrected chi connectivity index (χ2v) is 5.78. The number of amides is 1. The van der Waals surface area contributed by atoms with Crippen molar-refractivity contribution in [3.8, 4) is 0 Å². The van der Waals surface area contributed by atoms with Gasteiger partial charge in [-0.1, -0.05) is 13.8 Å². The number of ether oxygens (including phenoxy) is 4. The van der Waals surface area contributed by atoms with E-state index in [0.717, 1.165) is 6.61 Å². The standard InChI is InChI=1S/C16H33NO5.H2/c1-14(2)13-22-12-11-21-10-9-20-8-7-19-6-5-16(18)17-15(3)4;/h14-15H,5-13H2,1-4H3,(H,17,18);1H. The van der Waals surface area contributed by atoms with Gasteiger partial charge in [0.15, 0.2) is 0 Å². The SMILES string of the molecule is CC(C)COCCOCCOCCOCCC(=O)NC(C)C.[HH]. The van der Waals surface area contributed by atoms with Crippen molar-refractivity contribution in [2.24, 2.45) is 5.92 Å². The maximum absolute atomic E-state index is 11.3. The molecular formula is C16H35NO5. The minimum Gasteiger partial charge on any atom is -0.379 e. The average Bonchev–Trinajstić information content (AvgIpc) is 2.42. The van der Waals surface area contributed by atoms with Crippen LogP contribution in [0.5, 0.6) is 0 Å². The van der Waals surface area contributed by atoms with Gasteiger partial charge in [0, 0.05) is 20.5 Å². The van der Waals surface area contributed by atoms with E-state index in [-0.39, 0.29) is 13.4 Å². The van der Waals surface area contributed by atoms with Crippen molar-refractivity contribution in [1.82, 2.24) is 5.32 Å². The van der Waals surface area contributed by atoms with Gasteiger partial charge in [0.2, 0.25) is 5.91 Å². The third kappa shape index (κ3) is 17.4. The molecule has 0 aliphatic carbocycles. The molecule has 134 valence electrons. The molecule has 6 nitrogen and oxygen atoms in total. The second-order valence-electron chi connectivity index (χ2n) is 5.78. The van der Waals surface area contributed by atoms with Gasteiger partial charge in [0.05, 0.1) is 46.2 Å². The Labute approximate surface area is 136 Å². The van der Waals surface area contributed by atoms with Crippen LogP contribution in [0.15, 0.2) is 0 Å². The van der Waals surface area contributed by atoms with Crippen LogP contribution in [0.3, 0.4) is 0 Å². The number of hydrogen-bond acceptors (Lipinski definition) is 5. The van der Waals surface area contributed by atoms with Gasteiger partial charge < -0.3 is 24.3 Å². The summed E-state index contributed by atoms with van der Waals surface area (Å²) >= 11 is 0. The summed E-state index contributed by atoms with van der Waals surface area (Å²) in [4.78, 5) is 11.3. The molecule has 0 rings (SSSR count). The van der Waals surface area contributed by atoms with Crippen LogP contribution in [0, 0.1) is 5.92 Å². The van der Waals surface area contributed by atoms with Crippen LogP contribution in [0.25, 0.3) is 0 Å². The van der Waals surface area contributed by atoms with E-state index in [0.29, 0.717) is 58.6 Å². The quantitative estimate of drug-likeness (QED) is 0.466. The molecule has 0 unspecified atom stereocenters. The van der Waals surface area contributed by atoms with Crippen LogP contribution in [0.2, 0.25) is 0 Å². The molecule has 6 heteroatoms. The van der Waals surface area contributed by atoms with Gasteiger partial charge >= 0.3 is 0 Å². The molecule has 1 amide bonds. The Bertz CT molecular complexity index is 265. The zero-order valence-electron chi connectivity index (χ0n) is 14.6. The number of carbonyl (C=O) groups excluding carboxylic acids is 1. The molecule has 0 aromatic heterocycles. The molecule has 0 bridgehead atoms. The number of nitrogens with one attached hydrogen (secondary N) is 1. The molecule has 0 saturated carbocycles. The molecule has 22 heavy (non-hydrogen) atoms. The summed E-state index contributed by atoms with van der Waals surface area (Å²) in [5.41, 5.74) is 0. The summed E-state index contributed by atoms with van der Waals surface area (Å²) in [7, 11) is 0. The molecule has 1 N–H and O–H groups in total. The highest BCUT2D eigenvalue weighted by Gasteiger charge is 2.02. The number of carbonyl (C=O) groups is 1. The Morgan fingerprint density at radius 2 is 1.27 bits per heavy atom. The van der Waals surface area contributed by atoms with E-state index >= 15 is 0 Å². The Morgan fingerprint density at radius 3 is 1.73 bits per heavy atom. The minimum absolute atomic E-state index is 0. The lowest BCUT2D eigenvalue weighted by Gasteiger charge is -2.09. The first kappa shape index (κ1) is 21.3. The first-order chi connectivity index (χ1) is 10.5. The first-order valence-corrected chi connectivity index (χ1v) is 8.12. The van der Waals surface area contributed by atoms with Gasteiger partial charge in [-0.3, -0.25) is 4.79 Å². The van der Waals surface area contributed by atoms with Gasteiger partial charge in [-0.25, -0.2) is 0 Å². The first-order valence-electron chi connectivity index (χ1n) is 8.12. The van der Waals surface area contributed by atoms with Gasteiger partial charge in [-0.05, 0) is 19.8 Å². The molecule has 0 aromatic carbocycles. The number of hydrogen-bond donors (Lipinski definition) is 1. The van der Waals surface area contributed by atoms with Gasteiger partial charge in [0.1, 0.15) is 0 Å². The maximum Gasteiger partial charge on any atom is 0.222 e. The van der Waals surface area contributed by atoms with Crippen molar-refractivity contribution in [1.29, 1.82) is 0 Å². The topological polar surface area (TPSA) is 66.0 Å². The summed E-state index contributed by atoms with van der Waals surface area (Å²) < 4.78 is 21.4. The van der Waals surface area contributed by atoms with E-state index < -0.39 is 0 Å². The maximum atomic E-state index is 11.3. The fourth-order valence-electron chi connectivity index (χ4n) is 1.54. The Kier molecular flexibility index (Phi) is 14.7. The number of rotatable bonds is 15. The molecule has 0 fully saturated rings. The molecule has 0 aromatic rings. The van der Waals surface area contributed by atoms with E-state index in [4.69, 9.17) is 18.9 Å². The lowest BCUT2D eigenvalue weighted by Crippen LogP contribution is -2.30. The Balaban J connectivity index is 0. The highest BCUT2D eigenvalue weighted by Crippen LogP contribution is 1.92. The Morgan fingerprint density at radius 1 is 0.818 bits per heavy atom. The minimum atomic E-state index is 0. The van der Waals surface area contributed by atoms with Crippen molar-refractivity contribution < 1.29 is 25.2 Å². The van der Waals surface area contributed by atoms with E-state index in [2.05, 4.69) is 19.2 Å². The molecular weight excluding hydrogens is 286 g/mol. The molecule has 0 aliphatic heterocycles. The van der Waals surface area contributed by atoms with Crippen LogP contribution in [0.1, 0.15) is 35.5 Å². The van der Waals surface area contributed by atoms with Crippen LogP contribution in [0.4, 0.5) is 0 Å². The summed E-state index contributed by atoms with van der Waals surface area (Å²) in [6, 6.07) is 0.173. The fourth-order valence-corrected chi connectivity index (χ4v) is 1.54. The van der Waals surface area contributed by atoms with E-state index in [1.807, 2.05) is 13.8 Å². The second kappa shape index (κ2) is 15.2. The zero-order chi connectivity index (χ0) is 16.6. The van der Waals surface area contributed by atoms with Crippen molar-refractivity contribution in [3.05, 3.63) is 0 Å². The van der Waals surface area contributed by atoms with Crippen molar-refractivity contribution in [2.75, 3.05) is 52.9 Å². The smallest absolute Gasteiger partial charge is 0.222 e. The molecule has 0 radical (unpaired) electrons. The fraction of sp³-hybridized carbons (Fsp3) is 0.938. The van der Waals surface area contributed by atoms with Crippen LogP contribution < -0.4 is 5.32 Å². The highest BCUT2D eigenvalue weighted by atomic mass is 16.6. The third-order valence-corrected chi connectivity index (χ3v) is 2.49. The predicted octanol–water partition coefficient (Wildman–Crippen LogP) is 1.87. The normalized spacial score (nSPS) is 11.4. The van der Waals surface area contributed by atoms with Crippen molar-refractivity contribution >= 4 is 5.91 Å². The summed E-state index contributed by atoms with van der Waals surface area (Å²) in [6.07, 6.45) is 0.387. The molecule has 0 atom stereocenters. The third-order valence-electron chi connectivity index (χ3n) is 2.49. The zero-order valence-corrected chi connectivity index (χ0v) is 14.6. The van der Waals surface area contributed by atoms with E-state index in [9.17, 15) is 4.79 Å². The average molecular weight is 321 g/mol. The van der Waals surface area contributed by atoms with Gasteiger partial charge in [-0.15, -0.1) is 0 Å². The molecule has 0 saturated heterocycles. The summed E-state index contributed by atoms with van der Waals surface area (Å²) in [5, 5.41) is 2.81.